The minimum absolute atomic E-state index is 0.518. The van der Waals surface area contributed by atoms with Crippen LogP contribution in [0.15, 0.2) is 11.4 Å². The fourth-order valence-electron chi connectivity index (χ4n) is 0.365. The Bertz CT molecular complexity index is 209. The van der Waals surface area contributed by atoms with Gasteiger partial charge in [-0.25, -0.2) is 13.2 Å². The Morgan fingerprint density at radius 1 is 1.15 bits per heavy atom. The number of allylic oxidation sites excluding steroid dienone is 1. The van der Waals surface area contributed by atoms with Crippen LogP contribution in [-0.4, -0.2) is 18.3 Å². The Balaban J connectivity index is 5.03. The average molecular weight is 231 g/mol. The van der Waals surface area contributed by atoms with Crippen molar-refractivity contribution in [1.29, 1.82) is 0 Å². The van der Waals surface area contributed by atoms with Crippen molar-refractivity contribution in [3.8, 4) is 0 Å². The molecule has 0 N–H and O–H groups in total. The second-order valence-corrected chi connectivity index (χ2v) is 2.17. The summed E-state index contributed by atoms with van der Waals surface area (Å²) >= 11 is 4.35. The van der Waals surface area contributed by atoms with Crippen LogP contribution in [-0.2, 0) is 0 Å². The number of hydrogen-bond donors (Lipinski definition) is 0. The molecule has 8 heteroatoms. The van der Waals surface area contributed by atoms with Gasteiger partial charge in [0.15, 0.2) is 5.83 Å². The van der Waals surface area contributed by atoms with Crippen molar-refractivity contribution in [2.24, 2.45) is 0 Å². The van der Waals surface area contributed by atoms with Gasteiger partial charge in [-0.1, -0.05) is 11.6 Å². The summed E-state index contributed by atoms with van der Waals surface area (Å²) in [6, 6.07) is 0. The van der Waals surface area contributed by atoms with Gasteiger partial charge in [-0.05, 0) is 0 Å². The van der Waals surface area contributed by atoms with Gasteiger partial charge in [0.2, 0.25) is 0 Å². The molecule has 0 unspecified atom stereocenters. The molecule has 0 aliphatic heterocycles. The van der Waals surface area contributed by atoms with Gasteiger partial charge in [0.25, 0.3) is 0 Å². The van der Waals surface area contributed by atoms with Crippen molar-refractivity contribution < 1.29 is 30.7 Å². The predicted molar refractivity (Wildman–Crippen MR) is 30.9 cm³/mol. The van der Waals surface area contributed by atoms with Gasteiger partial charge >= 0.3 is 18.3 Å². The topological polar surface area (TPSA) is 0 Å². The van der Waals surface area contributed by atoms with Crippen molar-refractivity contribution in [3.63, 3.8) is 0 Å². The molecule has 78 valence electrons. The maximum absolute atomic E-state index is 12.1. The molecule has 0 fully saturated rings. The Morgan fingerprint density at radius 3 is 1.77 bits per heavy atom. The van der Waals surface area contributed by atoms with E-state index in [1.165, 1.54) is 0 Å². The molecule has 0 aromatic rings. The molecule has 13 heavy (non-hydrogen) atoms. The summed E-state index contributed by atoms with van der Waals surface area (Å²) in [6.45, 7) is 0. The van der Waals surface area contributed by atoms with Crippen molar-refractivity contribution in [3.05, 3.63) is 11.4 Å². The molecule has 0 rings (SSSR count). The van der Waals surface area contributed by atoms with Gasteiger partial charge in [-0.15, -0.1) is 0 Å². The highest BCUT2D eigenvalue weighted by Gasteiger charge is 2.65. The maximum Gasteiger partial charge on any atom is 0.376 e. The molecule has 0 aromatic heterocycles. The van der Waals surface area contributed by atoms with E-state index in [0.29, 0.717) is 0 Å². The van der Waals surface area contributed by atoms with Gasteiger partial charge in [0.1, 0.15) is 0 Å². The third kappa shape index (κ3) is 2.07. The minimum Gasteiger partial charge on any atom is -0.204 e. The number of hydrogen-bond acceptors (Lipinski definition) is 0. The molecule has 0 spiro atoms. The van der Waals surface area contributed by atoms with E-state index in [2.05, 4.69) is 11.6 Å². The first-order valence-corrected chi connectivity index (χ1v) is 3.11. The first-order chi connectivity index (χ1) is 5.67. The number of alkyl halides is 6. The largest absolute Gasteiger partial charge is 0.376 e. The third-order valence-electron chi connectivity index (χ3n) is 1.09. The van der Waals surface area contributed by atoms with Crippen molar-refractivity contribution in [1.82, 2.24) is 0 Å². The van der Waals surface area contributed by atoms with Crippen LogP contribution in [0.3, 0.4) is 0 Å². The zero-order valence-corrected chi connectivity index (χ0v) is 6.43. The lowest BCUT2D eigenvalue weighted by Gasteiger charge is -2.23. The fourth-order valence-corrected chi connectivity index (χ4v) is 0.502. The zero-order chi connectivity index (χ0) is 10.9. The Hall–Kier alpha value is -0.460. The molecule has 0 saturated carbocycles. The molecule has 0 amide bonds. The second kappa shape index (κ2) is 3.73. The Labute approximate surface area is 73.0 Å². The van der Waals surface area contributed by atoms with E-state index in [9.17, 15) is 30.7 Å². The molecule has 0 aliphatic rings. The van der Waals surface area contributed by atoms with Crippen LogP contribution in [0.25, 0.3) is 0 Å². The first-order valence-electron chi connectivity index (χ1n) is 2.68. The molecule has 0 radical (unpaired) electrons. The van der Waals surface area contributed by atoms with E-state index in [1.807, 2.05) is 0 Å². The minimum atomic E-state index is -5.78. The lowest BCUT2D eigenvalue weighted by atomic mass is 10.1. The van der Waals surface area contributed by atoms with Crippen LogP contribution >= 0.6 is 11.6 Å². The molecular weight excluding hydrogens is 228 g/mol. The summed E-state index contributed by atoms with van der Waals surface area (Å²) in [5, 5.41) is 0. The SMILES string of the molecule is F/C(=C\Cl)C(F)(F)C(F)(F)C(F)F. The summed E-state index contributed by atoms with van der Waals surface area (Å²) in [5.41, 5.74) is -0.518. The highest BCUT2D eigenvalue weighted by Crippen LogP contribution is 2.44. The molecule has 0 nitrogen and oxygen atoms in total. The van der Waals surface area contributed by atoms with E-state index in [1.54, 1.807) is 0 Å². The van der Waals surface area contributed by atoms with Crippen LogP contribution in [0.2, 0.25) is 0 Å². The molecule has 0 atom stereocenters. The van der Waals surface area contributed by atoms with Crippen LogP contribution in [0.4, 0.5) is 30.7 Å². The predicted octanol–water partition coefficient (Wildman–Crippen LogP) is 3.57. The lowest BCUT2D eigenvalue weighted by molar-refractivity contribution is -0.252. The molecular formula is C5H2ClF7. The van der Waals surface area contributed by atoms with Gasteiger partial charge in [0, 0.05) is 5.54 Å². The van der Waals surface area contributed by atoms with Crippen LogP contribution in [0, 0.1) is 0 Å². The standard InChI is InChI=1S/C5H2ClF7/c6-1-2(7)4(10,11)5(12,13)3(8)9/h1,3H/b2-1-. The number of rotatable bonds is 3. The highest BCUT2D eigenvalue weighted by molar-refractivity contribution is 6.25. The number of halogens is 8. The van der Waals surface area contributed by atoms with E-state index in [-0.39, 0.29) is 0 Å². The average Bonchev–Trinajstić information content (AvgIpc) is 2.02. The van der Waals surface area contributed by atoms with E-state index < -0.39 is 29.6 Å². The van der Waals surface area contributed by atoms with Gasteiger partial charge in [-0.3, -0.25) is 0 Å². The monoisotopic (exact) mass is 230 g/mol. The Morgan fingerprint density at radius 2 is 1.54 bits per heavy atom. The summed E-state index contributed by atoms with van der Waals surface area (Å²) in [4.78, 5) is 0. The summed E-state index contributed by atoms with van der Waals surface area (Å²) in [5.74, 6) is -14.2. The normalized spacial score (nSPS) is 15.3. The molecule has 0 aliphatic carbocycles. The van der Waals surface area contributed by atoms with Crippen molar-refractivity contribution >= 4 is 11.6 Å². The third-order valence-corrected chi connectivity index (χ3v) is 1.28. The van der Waals surface area contributed by atoms with Crippen LogP contribution < -0.4 is 0 Å². The van der Waals surface area contributed by atoms with Crippen LogP contribution in [0.5, 0.6) is 0 Å². The zero-order valence-electron chi connectivity index (χ0n) is 5.68. The maximum atomic E-state index is 12.1. The van der Waals surface area contributed by atoms with Gasteiger partial charge < -0.3 is 0 Å². The Kier molecular flexibility index (Phi) is 3.60. The fraction of sp³-hybridized carbons (Fsp3) is 0.600. The van der Waals surface area contributed by atoms with Gasteiger partial charge in [-0.2, -0.15) is 17.6 Å². The van der Waals surface area contributed by atoms with Crippen molar-refractivity contribution in [2.75, 3.05) is 0 Å². The van der Waals surface area contributed by atoms with Crippen LogP contribution in [0.1, 0.15) is 0 Å². The van der Waals surface area contributed by atoms with E-state index >= 15 is 0 Å². The van der Waals surface area contributed by atoms with Crippen molar-refractivity contribution in [2.45, 2.75) is 18.3 Å². The highest BCUT2D eigenvalue weighted by atomic mass is 35.5. The van der Waals surface area contributed by atoms with E-state index in [4.69, 9.17) is 0 Å². The molecule has 0 aromatic carbocycles. The van der Waals surface area contributed by atoms with E-state index in [0.717, 1.165) is 0 Å². The summed E-state index contributed by atoms with van der Waals surface area (Å²) in [7, 11) is 0. The second-order valence-electron chi connectivity index (χ2n) is 1.96. The first kappa shape index (κ1) is 12.5. The summed E-state index contributed by atoms with van der Waals surface area (Å²) in [6.07, 6.45) is -4.68. The molecule has 0 heterocycles. The smallest absolute Gasteiger partial charge is 0.204 e. The van der Waals surface area contributed by atoms with Gasteiger partial charge in [0.05, 0.1) is 0 Å². The summed E-state index contributed by atoms with van der Waals surface area (Å²) < 4.78 is 82.6. The molecule has 0 saturated heterocycles. The quantitative estimate of drug-likeness (QED) is 0.650. The lowest BCUT2D eigenvalue weighted by Crippen LogP contribution is -2.46. The molecule has 0 bridgehead atoms.